The molecule has 2 N–H and O–H groups in total. The SMILES string of the molecule is Cc1cc(OC[C@]2(CC(=O)N3CCC(O)CC3)CN(Cc3cn[nH]c3C)CCO2)cc(C)c1Cl. The number of rotatable bonds is 7. The first-order valence-corrected chi connectivity index (χ1v) is 12.3. The molecule has 2 aliphatic rings. The number of aliphatic hydroxyl groups excluding tert-OH is 1. The van der Waals surface area contributed by atoms with E-state index in [1.165, 1.54) is 0 Å². The summed E-state index contributed by atoms with van der Waals surface area (Å²) in [6.07, 6.45) is 3.00. The average molecular weight is 491 g/mol. The summed E-state index contributed by atoms with van der Waals surface area (Å²) < 4.78 is 12.6. The van der Waals surface area contributed by atoms with Gasteiger partial charge >= 0.3 is 0 Å². The van der Waals surface area contributed by atoms with Gasteiger partial charge in [0.05, 0.1) is 25.3 Å². The van der Waals surface area contributed by atoms with Crippen LogP contribution in [0.15, 0.2) is 18.3 Å². The van der Waals surface area contributed by atoms with Crippen molar-refractivity contribution in [1.29, 1.82) is 0 Å². The molecule has 0 saturated carbocycles. The van der Waals surface area contributed by atoms with E-state index in [2.05, 4.69) is 15.1 Å². The number of nitrogens with zero attached hydrogens (tertiary/aromatic N) is 3. The number of halogens is 1. The lowest BCUT2D eigenvalue weighted by atomic mass is 9.95. The first kappa shape index (κ1) is 25.0. The highest BCUT2D eigenvalue weighted by Crippen LogP contribution is 2.30. The van der Waals surface area contributed by atoms with Crippen LogP contribution in [0.3, 0.4) is 0 Å². The van der Waals surface area contributed by atoms with Crippen LogP contribution < -0.4 is 4.74 Å². The molecule has 186 valence electrons. The molecule has 9 heteroatoms. The molecule has 3 heterocycles. The lowest BCUT2D eigenvalue weighted by molar-refractivity contribution is -0.158. The van der Waals surface area contributed by atoms with Crippen molar-refractivity contribution in [2.45, 2.75) is 58.3 Å². The molecule has 0 unspecified atom stereocenters. The lowest BCUT2D eigenvalue weighted by Crippen LogP contribution is -2.57. The Kier molecular flexibility index (Phi) is 7.82. The van der Waals surface area contributed by atoms with Gasteiger partial charge in [0.1, 0.15) is 18.0 Å². The molecule has 8 nitrogen and oxygen atoms in total. The molecular formula is C25H35ClN4O4. The maximum Gasteiger partial charge on any atom is 0.225 e. The van der Waals surface area contributed by atoms with E-state index >= 15 is 0 Å². The predicted octanol–water partition coefficient (Wildman–Crippen LogP) is 3.01. The highest BCUT2D eigenvalue weighted by Gasteiger charge is 2.41. The maximum atomic E-state index is 13.3. The first-order valence-electron chi connectivity index (χ1n) is 12.0. The molecule has 0 radical (unpaired) electrons. The van der Waals surface area contributed by atoms with E-state index in [0.29, 0.717) is 39.1 Å². The summed E-state index contributed by atoms with van der Waals surface area (Å²) in [4.78, 5) is 17.4. The van der Waals surface area contributed by atoms with E-state index in [1.807, 2.05) is 44.0 Å². The molecule has 2 fully saturated rings. The minimum Gasteiger partial charge on any atom is -0.490 e. The fourth-order valence-electron chi connectivity index (χ4n) is 4.79. The zero-order valence-electron chi connectivity index (χ0n) is 20.3. The minimum atomic E-state index is -0.773. The van der Waals surface area contributed by atoms with Gasteiger partial charge in [-0.1, -0.05) is 11.6 Å². The third kappa shape index (κ3) is 5.92. The number of hydrogen-bond donors (Lipinski definition) is 2. The Morgan fingerprint density at radius 3 is 2.62 bits per heavy atom. The topological polar surface area (TPSA) is 90.9 Å². The Morgan fingerprint density at radius 1 is 1.26 bits per heavy atom. The average Bonchev–Trinajstić information content (AvgIpc) is 3.21. The number of nitrogens with one attached hydrogen (secondary N) is 1. The zero-order chi connectivity index (χ0) is 24.3. The number of aliphatic hydroxyl groups is 1. The van der Waals surface area contributed by atoms with Crippen LogP contribution in [-0.4, -0.2) is 82.1 Å². The Morgan fingerprint density at radius 2 is 1.97 bits per heavy atom. The van der Waals surface area contributed by atoms with Gasteiger partial charge in [-0.05, 0) is 56.9 Å². The van der Waals surface area contributed by atoms with Crippen LogP contribution in [0.5, 0.6) is 5.75 Å². The van der Waals surface area contributed by atoms with Gasteiger partial charge in [-0.2, -0.15) is 5.10 Å². The number of ether oxygens (including phenoxy) is 2. The Hall–Kier alpha value is -2.13. The molecule has 0 spiro atoms. The van der Waals surface area contributed by atoms with E-state index in [9.17, 15) is 9.90 Å². The largest absolute Gasteiger partial charge is 0.490 e. The van der Waals surface area contributed by atoms with Crippen molar-refractivity contribution in [2.24, 2.45) is 0 Å². The highest BCUT2D eigenvalue weighted by atomic mass is 35.5. The molecular weight excluding hydrogens is 456 g/mol. The van der Waals surface area contributed by atoms with Crippen LogP contribution in [-0.2, 0) is 16.1 Å². The van der Waals surface area contributed by atoms with Crippen molar-refractivity contribution < 1.29 is 19.4 Å². The number of hydrogen-bond acceptors (Lipinski definition) is 6. The van der Waals surface area contributed by atoms with Crippen molar-refractivity contribution in [3.8, 4) is 5.75 Å². The Labute approximate surface area is 206 Å². The number of amides is 1. The number of aryl methyl sites for hydroxylation is 3. The highest BCUT2D eigenvalue weighted by molar-refractivity contribution is 6.32. The Bertz CT molecular complexity index is 982. The smallest absolute Gasteiger partial charge is 0.225 e. The number of carbonyl (C=O) groups is 1. The molecule has 2 aliphatic heterocycles. The van der Waals surface area contributed by atoms with Gasteiger partial charge in [-0.15, -0.1) is 0 Å². The maximum absolute atomic E-state index is 13.3. The van der Waals surface area contributed by atoms with E-state index in [1.54, 1.807) is 0 Å². The summed E-state index contributed by atoms with van der Waals surface area (Å²) in [5.41, 5.74) is 3.32. The molecule has 0 aliphatic carbocycles. The molecule has 4 rings (SSSR count). The molecule has 2 saturated heterocycles. The quantitative estimate of drug-likeness (QED) is 0.620. The van der Waals surface area contributed by atoms with Crippen LogP contribution in [0.25, 0.3) is 0 Å². The van der Waals surface area contributed by atoms with Gasteiger partial charge < -0.3 is 19.5 Å². The van der Waals surface area contributed by atoms with Crippen molar-refractivity contribution in [3.05, 3.63) is 45.7 Å². The van der Waals surface area contributed by atoms with Crippen LogP contribution in [0.4, 0.5) is 0 Å². The monoisotopic (exact) mass is 490 g/mol. The number of carbonyl (C=O) groups excluding carboxylic acids is 1. The van der Waals surface area contributed by atoms with Gasteiger partial charge in [0.2, 0.25) is 5.91 Å². The van der Waals surface area contributed by atoms with Crippen LogP contribution in [0, 0.1) is 20.8 Å². The minimum absolute atomic E-state index is 0.0420. The van der Waals surface area contributed by atoms with E-state index in [4.69, 9.17) is 21.1 Å². The van der Waals surface area contributed by atoms with Crippen LogP contribution in [0.1, 0.15) is 41.6 Å². The van der Waals surface area contributed by atoms with E-state index < -0.39 is 5.60 Å². The van der Waals surface area contributed by atoms with Gasteiger partial charge in [-0.3, -0.25) is 14.8 Å². The molecule has 2 aromatic rings. The van der Waals surface area contributed by atoms with E-state index in [0.717, 1.165) is 46.2 Å². The predicted molar refractivity (Wildman–Crippen MR) is 130 cm³/mol. The van der Waals surface area contributed by atoms with E-state index in [-0.39, 0.29) is 25.0 Å². The fraction of sp³-hybridized carbons (Fsp3) is 0.600. The number of H-pyrrole nitrogens is 1. The van der Waals surface area contributed by atoms with Gasteiger partial charge in [0, 0.05) is 49.0 Å². The summed E-state index contributed by atoms with van der Waals surface area (Å²) >= 11 is 6.33. The summed E-state index contributed by atoms with van der Waals surface area (Å²) in [7, 11) is 0. The number of morpholine rings is 1. The van der Waals surface area contributed by atoms with Gasteiger partial charge in [-0.25, -0.2) is 0 Å². The number of piperidine rings is 1. The van der Waals surface area contributed by atoms with Gasteiger partial charge in [0.15, 0.2) is 0 Å². The van der Waals surface area contributed by atoms with Crippen LogP contribution in [0.2, 0.25) is 5.02 Å². The summed E-state index contributed by atoms with van der Waals surface area (Å²) in [6.45, 7) is 9.93. The second kappa shape index (κ2) is 10.6. The molecule has 1 aromatic heterocycles. The van der Waals surface area contributed by atoms with Crippen molar-refractivity contribution >= 4 is 17.5 Å². The second-order valence-corrected chi connectivity index (χ2v) is 10.1. The first-order chi connectivity index (χ1) is 16.2. The molecule has 0 bridgehead atoms. The van der Waals surface area contributed by atoms with Crippen molar-refractivity contribution in [3.63, 3.8) is 0 Å². The zero-order valence-corrected chi connectivity index (χ0v) is 21.0. The third-order valence-corrected chi connectivity index (χ3v) is 7.45. The fourth-order valence-corrected chi connectivity index (χ4v) is 4.90. The summed E-state index contributed by atoms with van der Waals surface area (Å²) in [5, 5.41) is 17.7. The standard InChI is InChI=1S/C25H35ClN4O4/c1-17-10-22(11-18(2)24(17)26)33-16-25(12-23(32)30-6-4-21(31)5-7-30)15-29(8-9-34-25)14-20-13-27-28-19(20)3/h10-11,13,21,31H,4-9,12,14-16H2,1-3H3,(H,27,28)/t25-/m0/s1. The number of aromatic amines is 1. The lowest BCUT2D eigenvalue weighted by Gasteiger charge is -2.43. The summed E-state index contributed by atoms with van der Waals surface area (Å²) in [6, 6.07) is 3.85. The number of aromatic nitrogens is 2. The molecule has 1 aromatic carbocycles. The summed E-state index contributed by atoms with van der Waals surface area (Å²) in [5.74, 6) is 0.763. The van der Waals surface area contributed by atoms with Gasteiger partial charge in [0.25, 0.3) is 0 Å². The number of benzene rings is 1. The molecule has 1 atom stereocenters. The Balaban J connectivity index is 1.51. The second-order valence-electron chi connectivity index (χ2n) is 9.71. The normalized spacial score (nSPS) is 22.2. The van der Waals surface area contributed by atoms with Crippen LogP contribution >= 0.6 is 11.6 Å². The molecule has 1 amide bonds. The van der Waals surface area contributed by atoms with Crippen molar-refractivity contribution in [2.75, 3.05) is 39.4 Å². The van der Waals surface area contributed by atoms with Crippen molar-refractivity contribution in [1.82, 2.24) is 20.0 Å². The number of likely N-dealkylation sites (tertiary alicyclic amines) is 1. The molecule has 34 heavy (non-hydrogen) atoms. The third-order valence-electron chi connectivity index (χ3n) is 6.86.